The molecule has 0 aliphatic rings. The van der Waals surface area contributed by atoms with Crippen LogP contribution in [0.2, 0.25) is 0 Å². The van der Waals surface area contributed by atoms with Crippen LogP contribution in [0.25, 0.3) is 0 Å². The molecule has 0 aromatic heterocycles. The van der Waals surface area contributed by atoms with Crippen molar-refractivity contribution in [3.63, 3.8) is 0 Å². The number of rotatable bonds is 11. The highest BCUT2D eigenvalue weighted by atomic mass is 16.4. The Morgan fingerprint density at radius 2 is 0.679 bits per heavy atom. The zero-order valence-electron chi connectivity index (χ0n) is 14.7. The molecule has 0 aliphatic carbocycles. The number of aliphatic hydroxyl groups excluding tert-OH is 6. The first-order chi connectivity index (χ1) is 12.8. The quantitative estimate of drug-likeness (QED) is 0.155. The van der Waals surface area contributed by atoms with Crippen molar-refractivity contribution in [2.45, 2.75) is 50.1 Å². The maximum Gasteiger partial charge on any atom is 0.303 e. The molecule has 0 rings (SSSR count). The lowest BCUT2D eigenvalue weighted by molar-refractivity contribution is -0.143. The SMILES string of the molecule is O=C(O)CCC(=O)O.O=C(O)CCC(=O)O.OC[C@@H](O)[C@@H](O)[C@H](O)[C@@H](O)CO. The van der Waals surface area contributed by atoms with E-state index in [0.29, 0.717) is 0 Å². The number of hydrogen-bond acceptors (Lipinski definition) is 10. The lowest BCUT2D eigenvalue weighted by Crippen LogP contribution is -2.46. The Labute approximate surface area is 158 Å². The fourth-order valence-corrected chi connectivity index (χ4v) is 1.10. The van der Waals surface area contributed by atoms with Gasteiger partial charge in [0, 0.05) is 0 Å². The number of carbonyl (C=O) groups is 4. The van der Waals surface area contributed by atoms with Crippen LogP contribution in [0.5, 0.6) is 0 Å². The molecule has 4 atom stereocenters. The van der Waals surface area contributed by atoms with Gasteiger partial charge in [0.25, 0.3) is 0 Å². The predicted octanol–water partition coefficient (Wildman–Crippen LogP) is -3.71. The van der Waals surface area contributed by atoms with Crippen LogP contribution in [-0.4, -0.2) is 113 Å². The molecule has 0 aliphatic heterocycles. The molecule has 0 aromatic carbocycles. The molecule has 0 aromatic rings. The van der Waals surface area contributed by atoms with Crippen molar-refractivity contribution in [1.82, 2.24) is 0 Å². The van der Waals surface area contributed by atoms with Crippen LogP contribution in [0.4, 0.5) is 0 Å². The smallest absolute Gasteiger partial charge is 0.303 e. The molecule has 0 amide bonds. The van der Waals surface area contributed by atoms with Gasteiger partial charge in [-0.2, -0.15) is 0 Å². The summed E-state index contributed by atoms with van der Waals surface area (Å²) in [5.41, 5.74) is 0. The first-order valence-corrected chi connectivity index (χ1v) is 7.61. The van der Waals surface area contributed by atoms with Gasteiger partial charge in [-0.25, -0.2) is 0 Å². The zero-order chi connectivity index (χ0) is 22.9. The fourth-order valence-electron chi connectivity index (χ4n) is 1.10. The minimum Gasteiger partial charge on any atom is -0.481 e. The highest BCUT2D eigenvalue weighted by molar-refractivity contribution is 5.75. The largest absolute Gasteiger partial charge is 0.481 e. The van der Waals surface area contributed by atoms with E-state index < -0.39 is 61.5 Å². The van der Waals surface area contributed by atoms with Crippen LogP contribution in [0, 0.1) is 0 Å². The second-order valence-corrected chi connectivity index (χ2v) is 5.06. The summed E-state index contributed by atoms with van der Waals surface area (Å²) < 4.78 is 0. The maximum atomic E-state index is 9.64. The summed E-state index contributed by atoms with van der Waals surface area (Å²) in [4.78, 5) is 38.6. The summed E-state index contributed by atoms with van der Waals surface area (Å²) >= 11 is 0. The molecule has 0 spiro atoms. The van der Waals surface area contributed by atoms with Crippen molar-refractivity contribution < 1.29 is 70.2 Å². The molecular weight excluding hydrogens is 392 g/mol. The van der Waals surface area contributed by atoms with Crippen LogP contribution >= 0.6 is 0 Å². The standard InChI is InChI=1S/C6H14O6.2C4H6O4/c7-1-3(9)5(11)6(12)4(10)2-8;2*5-3(6)1-2-4(7)8/h3-12H,1-2H2;2*1-2H2,(H,5,6)(H,7,8)/t3-,4+,5-,6-;;/m1../s1. The third kappa shape index (κ3) is 21.7. The van der Waals surface area contributed by atoms with Gasteiger partial charge < -0.3 is 51.1 Å². The lowest BCUT2D eigenvalue weighted by Gasteiger charge is -2.24. The van der Waals surface area contributed by atoms with Gasteiger partial charge in [0.1, 0.15) is 24.4 Å². The molecule has 0 fully saturated rings. The van der Waals surface area contributed by atoms with Crippen molar-refractivity contribution in [1.29, 1.82) is 0 Å². The Morgan fingerprint density at radius 3 is 0.786 bits per heavy atom. The summed E-state index contributed by atoms with van der Waals surface area (Å²) in [6, 6.07) is 0. The second-order valence-electron chi connectivity index (χ2n) is 5.06. The van der Waals surface area contributed by atoms with Crippen molar-refractivity contribution in [3.05, 3.63) is 0 Å². The highest BCUT2D eigenvalue weighted by Gasteiger charge is 2.29. The number of carboxylic acid groups (broad SMARTS) is 4. The third-order valence-corrected chi connectivity index (χ3v) is 2.62. The Balaban J connectivity index is -0.000000347. The highest BCUT2D eigenvalue weighted by Crippen LogP contribution is 2.04. The molecule has 0 radical (unpaired) electrons. The van der Waals surface area contributed by atoms with Gasteiger partial charge in [-0.05, 0) is 0 Å². The van der Waals surface area contributed by atoms with Crippen LogP contribution in [0.15, 0.2) is 0 Å². The van der Waals surface area contributed by atoms with E-state index in [1.807, 2.05) is 0 Å². The van der Waals surface area contributed by atoms with Crippen LogP contribution < -0.4 is 0 Å². The van der Waals surface area contributed by atoms with Gasteiger partial charge in [0.2, 0.25) is 0 Å². The normalized spacial score (nSPS) is 14.1. The van der Waals surface area contributed by atoms with Crippen molar-refractivity contribution in [2.24, 2.45) is 0 Å². The van der Waals surface area contributed by atoms with Crippen molar-refractivity contribution in [3.8, 4) is 0 Å². The summed E-state index contributed by atoms with van der Waals surface area (Å²) in [6.07, 6.45) is -7.58. The average molecular weight is 418 g/mol. The Bertz CT molecular complexity index is 395. The molecule has 166 valence electrons. The number of carboxylic acids is 4. The van der Waals surface area contributed by atoms with Crippen LogP contribution in [0.3, 0.4) is 0 Å². The van der Waals surface area contributed by atoms with E-state index >= 15 is 0 Å². The van der Waals surface area contributed by atoms with Gasteiger partial charge in [-0.1, -0.05) is 0 Å². The monoisotopic (exact) mass is 418 g/mol. The van der Waals surface area contributed by atoms with Crippen LogP contribution in [0.1, 0.15) is 25.7 Å². The summed E-state index contributed by atoms with van der Waals surface area (Å²) in [6.45, 7) is -1.45. The molecule has 0 heterocycles. The van der Waals surface area contributed by atoms with Gasteiger partial charge in [-0.15, -0.1) is 0 Å². The Kier molecular flexibility index (Phi) is 19.6. The van der Waals surface area contributed by atoms with E-state index in [1.54, 1.807) is 0 Å². The third-order valence-electron chi connectivity index (χ3n) is 2.62. The topological polar surface area (TPSA) is 271 Å². The van der Waals surface area contributed by atoms with E-state index in [4.69, 9.17) is 51.1 Å². The summed E-state index contributed by atoms with van der Waals surface area (Å²) in [5.74, 6) is -4.31. The molecule has 10 N–H and O–H groups in total. The Hall–Kier alpha value is -2.36. The minimum absolute atomic E-state index is 0.296. The maximum absolute atomic E-state index is 9.64. The van der Waals surface area contributed by atoms with Crippen molar-refractivity contribution in [2.75, 3.05) is 13.2 Å². The van der Waals surface area contributed by atoms with Gasteiger partial charge in [0.15, 0.2) is 0 Å². The van der Waals surface area contributed by atoms with E-state index in [9.17, 15) is 19.2 Å². The number of aliphatic hydroxyl groups is 6. The molecule has 0 saturated carbocycles. The molecule has 0 saturated heterocycles. The summed E-state index contributed by atoms with van der Waals surface area (Å²) in [7, 11) is 0. The fraction of sp³-hybridized carbons (Fsp3) is 0.714. The van der Waals surface area contributed by atoms with E-state index in [2.05, 4.69) is 0 Å². The van der Waals surface area contributed by atoms with E-state index in [1.165, 1.54) is 0 Å². The average Bonchev–Trinajstić information content (AvgIpc) is 2.63. The van der Waals surface area contributed by atoms with Gasteiger partial charge >= 0.3 is 23.9 Å². The minimum atomic E-state index is -1.67. The first kappa shape index (κ1) is 30.4. The Morgan fingerprint density at radius 1 is 0.500 bits per heavy atom. The van der Waals surface area contributed by atoms with Gasteiger partial charge in [-0.3, -0.25) is 19.2 Å². The predicted molar refractivity (Wildman–Crippen MR) is 87.2 cm³/mol. The number of hydrogen-bond donors (Lipinski definition) is 10. The number of aliphatic carboxylic acids is 4. The zero-order valence-corrected chi connectivity index (χ0v) is 14.7. The molecule has 14 heteroatoms. The van der Waals surface area contributed by atoms with E-state index in [-0.39, 0.29) is 25.7 Å². The molecule has 0 bridgehead atoms. The molecular formula is C14H26O14. The van der Waals surface area contributed by atoms with Crippen molar-refractivity contribution >= 4 is 23.9 Å². The molecule has 0 unspecified atom stereocenters. The van der Waals surface area contributed by atoms with Gasteiger partial charge in [0.05, 0.1) is 38.9 Å². The van der Waals surface area contributed by atoms with E-state index in [0.717, 1.165) is 0 Å². The first-order valence-electron chi connectivity index (χ1n) is 7.61. The molecule has 14 nitrogen and oxygen atoms in total. The summed E-state index contributed by atoms with van der Waals surface area (Å²) in [5, 5.41) is 83.8. The molecule has 28 heavy (non-hydrogen) atoms. The lowest BCUT2D eigenvalue weighted by atomic mass is 10.0. The second kappa shape index (κ2) is 18.0. The van der Waals surface area contributed by atoms with Crippen LogP contribution in [-0.2, 0) is 19.2 Å².